The fraction of sp³-hybridized carbons (Fsp3) is 0.562. The standard InChI is InChI=1S/C16H25O/c1-7-17-14-10-8-13(9-11-14)16(5,6)12-15(2,3)4/h7-11H,12H2,1-6H3. The monoisotopic (exact) mass is 233 g/mol. The molecule has 0 bridgehead atoms. The van der Waals surface area contributed by atoms with Crippen molar-refractivity contribution in [2.45, 2.75) is 53.4 Å². The van der Waals surface area contributed by atoms with Crippen LogP contribution in [0.1, 0.15) is 53.5 Å². The molecule has 95 valence electrons. The summed E-state index contributed by atoms with van der Waals surface area (Å²) in [6.07, 6.45) is 1.17. The van der Waals surface area contributed by atoms with Gasteiger partial charge in [-0.1, -0.05) is 46.8 Å². The van der Waals surface area contributed by atoms with Crippen molar-refractivity contribution in [3.63, 3.8) is 0 Å². The van der Waals surface area contributed by atoms with Crippen LogP contribution in [0.3, 0.4) is 0 Å². The van der Waals surface area contributed by atoms with Crippen LogP contribution in [0.25, 0.3) is 0 Å². The lowest BCUT2D eigenvalue weighted by atomic mass is 9.72. The molecule has 1 heteroatoms. The molecular formula is C16H25O. The van der Waals surface area contributed by atoms with Gasteiger partial charge in [0.2, 0.25) is 0 Å². The van der Waals surface area contributed by atoms with Crippen molar-refractivity contribution in [1.29, 1.82) is 0 Å². The van der Waals surface area contributed by atoms with E-state index in [0.29, 0.717) is 5.41 Å². The lowest BCUT2D eigenvalue weighted by molar-refractivity contribution is 0.284. The summed E-state index contributed by atoms with van der Waals surface area (Å²) >= 11 is 0. The van der Waals surface area contributed by atoms with Crippen molar-refractivity contribution in [1.82, 2.24) is 0 Å². The van der Waals surface area contributed by atoms with Crippen LogP contribution >= 0.6 is 0 Å². The van der Waals surface area contributed by atoms with Crippen molar-refractivity contribution >= 4 is 0 Å². The molecule has 1 aromatic rings. The largest absolute Gasteiger partial charge is 0.487 e. The second-order valence-corrected chi connectivity index (χ2v) is 6.50. The second-order valence-electron chi connectivity index (χ2n) is 6.50. The van der Waals surface area contributed by atoms with Gasteiger partial charge in [-0.15, -0.1) is 0 Å². The normalized spacial score (nSPS) is 12.6. The second kappa shape index (κ2) is 5.12. The van der Waals surface area contributed by atoms with Gasteiger partial charge >= 0.3 is 0 Å². The minimum Gasteiger partial charge on any atom is -0.487 e. The van der Waals surface area contributed by atoms with Gasteiger partial charge in [-0.05, 0) is 41.9 Å². The lowest BCUT2D eigenvalue weighted by Crippen LogP contribution is -2.24. The summed E-state index contributed by atoms with van der Waals surface area (Å²) in [5.74, 6) is 0.905. The third-order valence-corrected chi connectivity index (χ3v) is 2.86. The molecule has 0 atom stereocenters. The van der Waals surface area contributed by atoms with Crippen molar-refractivity contribution in [2.75, 3.05) is 0 Å². The summed E-state index contributed by atoms with van der Waals surface area (Å²) in [4.78, 5) is 0. The maximum Gasteiger partial charge on any atom is 0.132 e. The number of hydrogen-bond donors (Lipinski definition) is 0. The van der Waals surface area contributed by atoms with E-state index in [1.807, 2.05) is 19.1 Å². The van der Waals surface area contributed by atoms with Crippen LogP contribution in [0, 0.1) is 12.0 Å². The Labute approximate surface area is 106 Å². The van der Waals surface area contributed by atoms with Gasteiger partial charge < -0.3 is 4.74 Å². The van der Waals surface area contributed by atoms with Gasteiger partial charge in [-0.2, -0.15) is 0 Å². The predicted molar refractivity (Wildman–Crippen MR) is 74.1 cm³/mol. The molecule has 0 aliphatic carbocycles. The topological polar surface area (TPSA) is 9.23 Å². The van der Waals surface area contributed by atoms with E-state index >= 15 is 0 Å². The van der Waals surface area contributed by atoms with Crippen LogP contribution < -0.4 is 4.74 Å². The fourth-order valence-electron chi connectivity index (χ4n) is 2.55. The Hall–Kier alpha value is -0.980. The van der Waals surface area contributed by atoms with Crippen LogP contribution in [0.5, 0.6) is 5.75 Å². The molecule has 0 aliphatic heterocycles. The van der Waals surface area contributed by atoms with E-state index in [1.165, 1.54) is 12.0 Å². The quantitative estimate of drug-likeness (QED) is 0.714. The first kappa shape index (κ1) is 14.1. The molecule has 0 unspecified atom stereocenters. The van der Waals surface area contributed by atoms with Crippen LogP contribution in [0.2, 0.25) is 0 Å². The van der Waals surface area contributed by atoms with Crippen molar-refractivity contribution in [3.05, 3.63) is 36.4 Å². The molecule has 17 heavy (non-hydrogen) atoms. The molecule has 0 N–H and O–H groups in total. The molecule has 0 aromatic heterocycles. The summed E-state index contributed by atoms with van der Waals surface area (Å²) in [7, 11) is 0. The molecular weight excluding hydrogens is 208 g/mol. The first-order valence-electron chi connectivity index (χ1n) is 6.30. The third kappa shape index (κ3) is 4.41. The molecule has 0 aliphatic rings. The van der Waals surface area contributed by atoms with Gasteiger partial charge in [-0.25, -0.2) is 0 Å². The van der Waals surface area contributed by atoms with E-state index in [-0.39, 0.29) is 5.41 Å². The first-order chi connectivity index (χ1) is 7.74. The molecule has 1 rings (SSSR count). The molecule has 1 nitrogen and oxygen atoms in total. The highest BCUT2D eigenvalue weighted by Crippen LogP contribution is 2.36. The number of rotatable bonds is 4. The number of hydrogen-bond acceptors (Lipinski definition) is 1. The van der Waals surface area contributed by atoms with E-state index in [1.54, 1.807) is 6.61 Å². The molecule has 1 radical (unpaired) electrons. The minimum atomic E-state index is 0.201. The van der Waals surface area contributed by atoms with E-state index in [4.69, 9.17) is 4.74 Å². The van der Waals surface area contributed by atoms with Crippen LogP contribution in [-0.2, 0) is 5.41 Å². The van der Waals surface area contributed by atoms with E-state index in [2.05, 4.69) is 46.8 Å². The average molecular weight is 233 g/mol. The molecule has 0 fully saturated rings. The van der Waals surface area contributed by atoms with Crippen LogP contribution in [-0.4, -0.2) is 0 Å². The smallest absolute Gasteiger partial charge is 0.132 e. The Morgan fingerprint density at radius 1 is 1.00 bits per heavy atom. The minimum absolute atomic E-state index is 0.201. The number of ether oxygens (including phenoxy) is 1. The lowest BCUT2D eigenvalue weighted by Gasteiger charge is -2.33. The van der Waals surface area contributed by atoms with Gasteiger partial charge in [-0.3, -0.25) is 0 Å². The van der Waals surface area contributed by atoms with Crippen molar-refractivity contribution < 1.29 is 4.74 Å². The Balaban J connectivity index is 2.84. The van der Waals surface area contributed by atoms with Gasteiger partial charge in [0.25, 0.3) is 0 Å². The van der Waals surface area contributed by atoms with Gasteiger partial charge in [0.15, 0.2) is 0 Å². The predicted octanol–water partition coefficient (Wildman–Crippen LogP) is 4.96. The Bertz CT molecular complexity index is 341. The van der Waals surface area contributed by atoms with Crippen LogP contribution in [0.4, 0.5) is 0 Å². The summed E-state index contributed by atoms with van der Waals surface area (Å²) in [6.45, 7) is 15.1. The SMILES string of the molecule is C[CH]Oc1ccc(C(C)(C)CC(C)(C)C)cc1. The van der Waals surface area contributed by atoms with Crippen molar-refractivity contribution in [3.8, 4) is 5.75 Å². The molecule has 1 aromatic carbocycles. The van der Waals surface area contributed by atoms with Gasteiger partial charge in [0, 0.05) is 0 Å². The molecule has 0 saturated carbocycles. The highest BCUT2D eigenvalue weighted by Gasteiger charge is 2.26. The van der Waals surface area contributed by atoms with E-state index in [9.17, 15) is 0 Å². The number of benzene rings is 1. The zero-order chi connectivity index (χ0) is 13.1. The molecule has 0 heterocycles. The van der Waals surface area contributed by atoms with E-state index < -0.39 is 0 Å². The Morgan fingerprint density at radius 2 is 1.53 bits per heavy atom. The average Bonchev–Trinajstić information content (AvgIpc) is 2.15. The highest BCUT2D eigenvalue weighted by molar-refractivity contribution is 5.32. The third-order valence-electron chi connectivity index (χ3n) is 2.86. The highest BCUT2D eigenvalue weighted by atomic mass is 16.5. The zero-order valence-corrected chi connectivity index (χ0v) is 12.0. The maximum absolute atomic E-state index is 5.35. The van der Waals surface area contributed by atoms with Crippen LogP contribution in [0.15, 0.2) is 24.3 Å². The molecule has 0 saturated heterocycles. The van der Waals surface area contributed by atoms with Gasteiger partial charge in [0.1, 0.15) is 12.4 Å². The first-order valence-corrected chi connectivity index (χ1v) is 6.30. The Morgan fingerprint density at radius 3 is 1.94 bits per heavy atom. The van der Waals surface area contributed by atoms with Gasteiger partial charge in [0.05, 0.1) is 0 Å². The fourth-order valence-corrected chi connectivity index (χ4v) is 2.55. The molecule has 0 amide bonds. The summed E-state index contributed by atoms with van der Waals surface area (Å²) in [5.41, 5.74) is 1.92. The summed E-state index contributed by atoms with van der Waals surface area (Å²) < 4.78 is 5.35. The van der Waals surface area contributed by atoms with Crippen molar-refractivity contribution in [2.24, 2.45) is 5.41 Å². The zero-order valence-electron chi connectivity index (χ0n) is 12.0. The maximum atomic E-state index is 5.35. The van der Waals surface area contributed by atoms with E-state index in [0.717, 1.165) is 5.75 Å². The summed E-state index contributed by atoms with van der Waals surface area (Å²) in [6, 6.07) is 8.43. The Kier molecular flexibility index (Phi) is 4.24. The molecule has 0 spiro atoms. The summed E-state index contributed by atoms with van der Waals surface area (Å²) in [5, 5.41) is 0.